The van der Waals surface area contributed by atoms with E-state index in [-0.39, 0.29) is 24.4 Å². The van der Waals surface area contributed by atoms with Crippen molar-refractivity contribution in [1.29, 1.82) is 0 Å². The van der Waals surface area contributed by atoms with Crippen molar-refractivity contribution in [1.82, 2.24) is 0 Å². The van der Waals surface area contributed by atoms with E-state index in [1.807, 2.05) is 27.7 Å². The Morgan fingerprint density at radius 3 is 2.17 bits per heavy atom. The summed E-state index contributed by atoms with van der Waals surface area (Å²) in [5, 5.41) is 21.5. The molecule has 2 N–H and O–H groups in total. The number of carbonyl (C=O) groups is 2. The van der Waals surface area contributed by atoms with Crippen molar-refractivity contribution in [3.63, 3.8) is 0 Å². The van der Waals surface area contributed by atoms with Crippen LogP contribution in [0, 0.1) is 11.3 Å². The van der Waals surface area contributed by atoms with Gasteiger partial charge in [0, 0.05) is 19.4 Å². The first-order valence-corrected chi connectivity index (χ1v) is 11.0. The summed E-state index contributed by atoms with van der Waals surface area (Å²) in [4.78, 5) is 25.2. The van der Waals surface area contributed by atoms with E-state index in [1.165, 1.54) is 0 Å². The van der Waals surface area contributed by atoms with Gasteiger partial charge in [-0.1, -0.05) is 19.8 Å². The van der Waals surface area contributed by atoms with Crippen molar-refractivity contribution in [2.45, 2.75) is 117 Å². The number of rotatable bonds is 11. The van der Waals surface area contributed by atoms with Gasteiger partial charge in [-0.15, -0.1) is 0 Å². The molecule has 0 radical (unpaired) electrons. The van der Waals surface area contributed by atoms with Gasteiger partial charge in [0.1, 0.15) is 11.6 Å². The van der Waals surface area contributed by atoms with Gasteiger partial charge >= 0.3 is 0 Å². The van der Waals surface area contributed by atoms with Gasteiger partial charge in [0.2, 0.25) is 0 Å². The lowest BCUT2D eigenvalue weighted by atomic mass is 9.58. The quantitative estimate of drug-likeness (QED) is 0.300. The van der Waals surface area contributed by atoms with Gasteiger partial charge in [-0.2, -0.15) is 0 Å². The molecule has 29 heavy (non-hydrogen) atoms. The molecular weight excluding hydrogens is 372 g/mol. The number of carbonyl (C=O) groups excluding carboxylic acids is 2. The number of ketones is 2. The zero-order chi connectivity index (χ0) is 22.5. The summed E-state index contributed by atoms with van der Waals surface area (Å²) in [6.07, 6.45) is 4.14. The molecule has 1 saturated carbocycles. The summed E-state index contributed by atoms with van der Waals surface area (Å²) in [5.41, 5.74) is -1.06. The largest absolute Gasteiger partial charge is 0.366 e. The van der Waals surface area contributed by atoms with Crippen molar-refractivity contribution < 1.29 is 29.3 Å². The molecule has 0 bridgehead atoms. The van der Waals surface area contributed by atoms with Crippen LogP contribution >= 0.6 is 0 Å². The predicted octanol–water partition coefficient (Wildman–Crippen LogP) is 4.15. The van der Waals surface area contributed by atoms with E-state index in [2.05, 4.69) is 0 Å². The highest BCUT2D eigenvalue weighted by molar-refractivity contribution is 6.03. The monoisotopic (exact) mass is 414 g/mol. The van der Waals surface area contributed by atoms with Crippen molar-refractivity contribution in [2.24, 2.45) is 11.3 Å². The molecule has 0 aromatic carbocycles. The molecule has 6 heteroatoms. The Hall–Kier alpha value is -0.820. The van der Waals surface area contributed by atoms with Gasteiger partial charge in [0.25, 0.3) is 0 Å². The van der Waals surface area contributed by atoms with Gasteiger partial charge in [0.15, 0.2) is 11.6 Å². The SMILES string of the molecule is CCCC1(CCCCC(C)(O)OC(C)(C)C)CC(=O)CC(=O)C1C(C)(O)OCC. The van der Waals surface area contributed by atoms with E-state index in [0.717, 1.165) is 12.8 Å². The molecule has 1 rings (SSSR count). The van der Waals surface area contributed by atoms with Crippen LogP contribution in [0.5, 0.6) is 0 Å². The first kappa shape index (κ1) is 26.2. The van der Waals surface area contributed by atoms with Crippen molar-refractivity contribution >= 4 is 11.6 Å². The molecule has 0 spiro atoms. The van der Waals surface area contributed by atoms with Crippen LogP contribution in [-0.4, -0.2) is 45.6 Å². The van der Waals surface area contributed by atoms with Crippen LogP contribution < -0.4 is 0 Å². The van der Waals surface area contributed by atoms with Gasteiger partial charge < -0.3 is 19.7 Å². The van der Waals surface area contributed by atoms with Gasteiger partial charge in [-0.05, 0) is 66.2 Å². The van der Waals surface area contributed by atoms with E-state index < -0.39 is 28.5 Å². The third-order valence-electron chi connectivity index (χ3n) is 5.67. The minimum atomic E-state index is -1.59. The molecule has 1 aliphatic rings. The van der Waals surface area contributed by atoms with Crippen molar-refractivity contribution in [2.75, 3.05) is 6.61 Å². The van der Waals surface area contributed by atoms with Crippen LogP contribution in [0.4, 0.5) is 0 Å². The second-order valence-corrected chi connectivity index (χ2v) is 9.99. The fourth-order valence-electron chi connectivity index (χ4n) is 5.17. The number of hydrogen-bond donors (Lipinski definition) is 2. The molecule has 0 aromatic heterocycles. The van der Waals surface area contributed by atoms with Crippen LogP contribution in [0.25, 0.3) is 0 Å². The maximum absolute atomic E-state index is 12.8. The second-order valence-electron chi connectivity index (χ2n) is 9.99. The van der Waals surface area contributed by atoms with Crippen LogP contribution in [-0.2, 0) is 19.1 Å². The molecule has 0 aliphatic heterocycles. The highest BCUT2D eigenvalue weighted by Gasteiger charge is 2.55. The zero-order valence-electron chi connectivity index (χ0n) is 19.5. The Morgan fingerprint density at radius 2 is 1.66 bits per heavy atom. The van der Waals surface area contributed by atoms with Crippen LogP contribution in [0.1, 0.15) is 99.8 Å². The number of ether oxygens (including phenoxy) is 2. The Balaban J connectivity index is 2.96. The molecule has 1 fully saturated rings. The third-order valence-corrected chi connectivity index (χ3v) is 5.67. The zero-order valence-corrected chi connectivity index (χ0v) is 19.5. The van der Waals surface area contributed by atoms with Gasteiger partial charge in [-0.25, -0.2) is 0 Å². The normalized spacial score (nSPS) is 27.6. The van der Waals surface area contributed by atoms with Crippen LogP contribution in [0.15, 0.2) is 0 Å². The standard InChI is InChI=1S/C23H42O6/c1-8-12-23(14-11-10-13-21(6,26)29-20(3,4)5)16-17(24)15-18(25)19(23)22(7,27)28-9-2/h19,26-27H,8-16H2,1-7H3. The van der Waals surface area contributed by atoms with Crippen LogP contribution in [0.3, 0.4) is 0 Å². The predicted molar refractivity (Wildman–Crippen MR) is 112 cm³/mol. The lowest BCUT2D eigenvalue weighted by Gasteiger charge is -2.48. The Bertz CT molecular complexity index is 560. The summed E-state index contributed by atoms with van der Waals surface area (Å²) in [5.74, 6) is -3.84. The van der Waals surface area contributed by atoms with Gasteiger partial charge in [-0.3, -0.25) is 9.59 Å². The Labute approximate surface area is 176 Å². The second kappa shape index (κ2) is 9.99. The number of Topliss-reactive ketones (excluding diaryl/α,β-unsaturated/α-hetero) is 2. The van der Waals surface area contributed by atoms with E-state index in [0.29, 0.717) is 32.3 Å². The first-order valence-electron chi connectivity index (χ1n) is 11.0. The summed E-state index contributed by atoms with van der Waals surface area (Å²) in [7, 11) is 0. The van der Waals surface area contributed by atoms with Gasteiger partial charge in [0.05, 0.1) is 17.9 Å². The summed E-state index contributed by atoms with van der Waals surface area (Å²) in [6, 6.07) is 0. The number of unbranched alkanes of at least 4 members (excludes halogenated alkanes) is 1. The number of aliphatic hydroxyl groups is 2. The fourth-order valence-corrected chi connectivity index (χ4v) is 5.17. The molecular formula is C23H42O6. The molecule has 0 amide bonds. The average molecular weight is 415 g/mol. The molecule has 0 heterocycles. The summed E-state index contributed by atoms with van der Waals surface area (Å²) < 4.78 is 11.3. The molecule has 1 aliphatic carbocycles. The minimum Gasteiger partial charge on any atom is -0.366 e. The smallest absolute Gasteiger partial charge is 0.172 e. The Kier molecular flexibility index (Phi) is 9.03. The minimum absolute atomic E-state index is 0.0601. The topological polar surface area (TPSA) is 93.1 Å². The molecule has 4 atom stereocenters. The summed E-state index contributed by atoms with van der Waals surface area (Å²) >= 11 is 0. The fraction of sp³-hybridized carbons (Fsp3) is 0.913. The maximum atomic E-state index is 12.8. The maximum Gasteiger partial charge on any atom is 0.172 e. The highest BCUT2D eigenvalue weighted by Crippen LogP contribution is 2.50. The lowest BCUT2D eigenvalue weighted by molar-refractivity contribution is -0.249. The third kappa shape index (κ3) is 7.74. The lowest BCUT2D eigenvalue weighted by Crippen LogP contribution is -2.55. The Morgan fingerprint density at radius 1 is 1.03 bits per heavy atom. The van der Waals surface area contributed by atoms with E-state index in [9.17, 15) is 19.8 Å². The molecule has 170 valence electrons. The van der Waals surface area contributed by atoms with Crippen molar-refractivity contribution in [3.05, 3.63) is 0 Å². The highest BCUT2D eigenvalue weighted by atomic mass is 16.6. The van der Waals surface area contributed by atoms with E-state index >= 15 is 0 Å². The molecule has 6 nitrogen and oxygen atoms in total. The average Bonchev–Trinajstić information content (AvgIpc) is 2.48. The van der Waals surface area contributed by atoms with E-state index in [4.69, 9.17) is 9.47 Å². The molecule has 0 saturated heterocycles. The number of hydrogen-bond acceptors (Lipinski definition) is 6. The molecule has 4 unspecified atom stereocenters. The van der Waals surface area contributed by atoms with Crippen molar-refractivity contribution in [3.8, 4) is 0 Å². The summed E-state index contributed by atoms with van der Waals surface area (Å²) in [6.45, 7) is 13.0. The van der Waals surface area contributed by atoms with E-state index in [1.54, 1.807) is 20.8 Å². The molecule has 0 aromatic rings. The van der Waals surface area contributed by atoms with Crippen LogP contribution in [0.2, 0.25) is 0 Å². The first-order chi connectivity index (χ1) is 13.2.